The maximum absolute atomic E-state index is 14.0. The van der Waals surface area contributed by atoms with Crippen LogP contribution in [0, 0.1) is 17.5 Å². The number of hydrogen-bond donors (Lipinski definition) is 2. The Morgan fingerprint density at radius 3 is 1.88 bits per heavy atom. The Morgan fingerprint density at radius 2 is 1.31 bits per heavy atom. The first kappa shape index (κ1) is 18.5. The number of benzene rings is 3. The van der Waals surface area contributed by atoms with Crippen LogP contribution in [0.15, 0.2) is 64.4 Å². The van der Waals surface area contributed by atoms with Gasteiger partial charge in [0.1, 0.15) is 10.7 Å². The zero-order valence-corrected chi connectivity index (χ0v) is 14.8. The van der Waals surface area contributed by atoms with E-state index in [-0.39, 0.29) is 0 Å². The molecule has 0 aliphatic rings. The van der Waals surface area contributed by atoms with Crippen LogP contribution in [-0.4, -0.2) is 8.42 Å². The van der Waals surface area contributed by atoms with Crippen molar-refractivity contribution in [3.05, 3.63) is 72.0 Å². The number of halogens is 3. The first-order chi connectivity index (χ1) is 12.2. The summed E-state index contributed by atoms with van der Waals surface area (Å²) in [6.07, 6.45) is 0. The highest BCUT2D eigenvalue weighted by Crippen LogP contribution is 2.32. The van der Waals surface area contributed by atoms with Crippen molar-refractivity contribution in [1.82, 2.24) is 0 Å². The molecule has 0 fully saturated rings. The summed E-state index contributed by atoms with van der Waals surface area (Å²) < 4.78 is 63.0. The SMILES string of the molecule is NS(=O)(=O)c1ccc(-c2ccc(-c3ccc(F)c(F)c3)c(S)c2)cc1F. The third kappa shape index (κ3) is 3.62. The predicted octanol–water partition coefficient (Wildman–Crippen LogP) is 4.37. The molecule has 0 aliphatic carbocycles. The largest absolute Gasteiger partial charge is 0.240 e. The molecule has 0 bridgehead atoms. The molecule has 0 amide bonds. The van der Waals surface area contributed by atoms with Crippen molar-refractivity contribution in [2.45, 2.75) is 9.79 Å². The number of thiol groups is 1. The zero-order chi connectivity index (χ0) is 19.1. The fourth-order valence-corrected chi connectivity index (χ4v) is 3.46. The summed E-state index contributed by atoms with van der Waals surface area (Å²) in [5.41, 5.74) is 2.00. The molecule has 2 N–H and O–H groups in total. The normalized spacial score (nSPS) is 11.6. The van der Waals surface area contributed by atoms with Crippen molar-refractivity contribution < 1.29 is 21.6 Å². The topological polar surface area (TPSA) is 60.2 Å². The van der Waals surface area contributed by atoms with Gasteiger partial charge < -0.3 is 0 Å². The van der Waals surface area contributed by atoms with Gasteiger partial charge in [-0.3, -0.25) is 0 Å². The van der Waals surface area contributed by atoms with Gasteiger partial charge in [-0.05, 0) is 52.6 Å². The lowest BCUT2D eigenvalue weighted by Crippen LogP contribution is -2.13. The predicted molar refractivity (Wildman–Crippen MR) is 95.8 cm³/mol. The third-order valence-electron chi connectivity index (χ3n) is 3.80. The molecule has 0 aliphatic heterocycles. The van der Waals surface area contributed by atoms with Crippen LogP contribution in [-0.2, 0) is 10.0 Å². The second-order valence-corrected chi connectivity index (χ2v) is 7.56. The molecule has 0 spiro atoms. The van der Waals surface area contributed by atoms with Crippen molar-refractivity contribution >= 4 is 22.7 Å². The standard InChI is InChI=1S/C18H12F3NO2S2/c19-14-5-2-12(8-15(14)20)13-4-1-11(9-17(13)25)10-3-6-18(16(21)7-10)26(22,23)24/h1-9,25H,(H2,22,23,24). The Labute approximate surface area is 153 Å². The van der Waals surface area contributed by atoms with Crippen molar-refractivity contribution in [2.24, 2.45) is 5.14 Å². The Balaban J connectivity index is 2.02. The van der Waals surface area contributed by atoms with Gasteiger partial charge in [0, 0.05) is 4.90 Å². The Kier molecular flexibility index (Phi) is 4.83. The van der Waals surface area contributed by atoms with Crippen LogP contribution in [0.5, 0.6) is 0 Å². The molecular formula is C18H12F3NO2S2. The lowest BCUT2D eigenvalue weighted by atomic mass is 10.00. The Hall–Kier alpha value is -2.29. The second kappa shape index (κ2) is 6.79. The summed E-state index contributed by atoms with van der Waals surface area (Å²) >= 11 is 4.36. The lowest BCUT2D eigenvalue weighted by Gasteiger charge is -2.10. The van der Waals surface area contributed by atoms with Gasteiger partial charge in [0.25, 0.3) is 0 Å². The minimum Gasteiger partial charge on any atom is -0.225 e. The highest BCUT2D eigenvalue weighted by Gasteiger charge is 2.15. The van der Waals surface area contributed by atoms with Gasteiger partial charge in [-0.1, -0.05) is 24.3 Å². The molecule has 0 radical (unpaired) electrons. The molecule has 0 saturated heterocycles. The highest BCUT2D eigenvalue weighted by atomic mass is 32.2. The summed E-state index contributed by atoms with van der Waals surface area (Å²) in [7, 11) is -4.15. The smallest absolute Gasteiger partial charge is 0.225 e. The van der Waals surface area contributed by atoms with E-state index in [0.717, 1.165) is 24.3 Å². The van der Waals surface area contributed by atoms with Gasteiger partial charge >= 0.3 is 0 Å². The van der Waals surface area contributed by atoms with E-state index in [4.69, 9.17) is 5.14 Å². The van der Waals surface area contributed by atoms with Crippen LogP contribution >= 0.6 is 12.6 Å². The third-order valence-corrected chi connectivity index (χ3v) is 5.11. The quantitative estimate of drug-likeness (QED) is 0.647. The number of rotatable bonds is 3. The van der Waals surface area contributed by atoms with Crippen molar-refractivity contribution in [3.63, 3.8) is 0 Å². The summed E-state index contributed by atoms with van der Waals surface area (Å²) in [5.74, 6) is -2.88. The molecule has 0 atom stereocenters. The monoisotopic (exact) mass is 395 g/mol. The minimum absolute atomic E-state index is 0.419. The van der Waals surface area contributed by atoms with E-state index in [1.807, 2.05) is 0 Å². The fraction of sp³-hybridized carbons (Fsp3) is 0. The molecule has 134 valence electrons. The van der Waals surface area contributed by atoms with E-state index in [0.29, 0.717) is 27.1 Å². The molecule has 3 aromatic carbocycles. The minimum atomic E-state index is -4.15. The molecule has 0 aromatic heterocycles. The number of hydrogen-bond acceptors (Lipinski definition) is 3. The first-order valence-corrected chi connectivity index (χ1v) is 9.27. The number of nitrogens with two attached hydrogens (primary N) is 1. The van der Waals surface area contributed by atoms with Crippen LogP contribution in [0.2, 0.25) is 0 Å². The molecule has 8 heteroatoms. The second-order valence-electron chi connectivity index (χ2n) is 5.55. The molecule has 0 saturated carbocycles. The number of sulfonamides is 1. The van der Waals surface area contributed by atoms with Gasteiger partial charge in [-0.15, -0.1) is 12.6 Å². The van der Waals surface area contributed by atoms with Gasteiger partial charge in [0.2, 0.25) is 10.0 Å². The van der Waals surface area contributed by atoms with E-state index in [9.17, 15) is 21.6 Å². The molecule has 26 heavy (non-hydrogen) atoms. The zero-order valence-electron chi connectivity index (χ0n) is 13.1. The molecule has 3 rings (SSSR count). The van der Waals surface area contributed by atoms with Gasteiger partial charge in [-0.2, -0.15) is 0 Å². The van der Waals surface area contributed by atoms with Crippen molar-refractivity contribution in [2.75, 3.05) is 0 Å². The molecule has 3 aromatic rings. The van der Waals surface area contributed by atoms with Gasteiger partial charge in [0.15, 0.2) is 11.6 Å². The molecule has 0 heterocycles. The van der Waals surface area contributed by atoms with E-state index >= 15 is 0 Å². The molecule has 3 nitrogen and oxygen atoms in total. The lowest BCUT2D eigenvalue weighted by molar-refractivity contribution is 0.509. The molecule has 0 unspecified atom stereocenters. The first-order valence-electron chi connectivity index (χ1n) is 7.28. The van der Waals surface area contributed by atoms with Crippen LogP contribution in [0.4, 0.5) is 13.2 Å². The summed E-state index contributed by atoms with van der Waals surface area (Å²) in [6.45, 7) is 0. The summed E-state index contributed by atoms with van der Waals surface area (Å²) in [6, 6.07) is 12.0. The fourth-order valence-electron chi connectivity index (χ4n) is 2.53. The number of primary sulfonamides is 1. The average Bonchev–Trinajstić information content (AvgIpc) is 2.56. The summed E-state index contributed by atoms with van der Waals surface area (Å²) in [5, 5.41) is 4.94. The highest BCUT2D eigenvalue weighted by molar-refractivity contribution is 7.89. The van der Waals surface area contributed by atoms with Crippen LogP contribution in [0.1, 0.15) is 0 Å². The van der Waals surface area contributed by atoms with Crippen molar-refractivity contribution in [1.29, 1.82) is 0 Å². The Bertz CT molecular complexity index is 1120. The van der Waals surface area contributed by atoms with Crippen molar-refractivity contribution in [3.8, 4) is 22.3 Å². The van der Waals surface area contributed by atoms with Gasteiger partial charge in [-0.25, -0.2) is 26.7 Å². The van der Waals surface area contributed by atoms with Gasteiger partial charge in [0.05, 0.1) is 0 Å². The molecular weight excluding hydrogens is 383 g/mol. The van der Waals surface area contributed by atoms with E-state index < -0.39 is 32.4 Å². The van der Waals surface area contributed by atoms with Crippen LogP contribution in [0.3, 0.4) is 0 Å². The average molecular weight is 395 g/mol. The maximum atomic E-state index is 14.0. The van der Waals surface area contributed by atoms with Crippen LogP contribution < -0.4 is 5.14 Å². The van der Waals surface area contributed by atoms with E-state index in [1.54, 1.807) is 18.2 Å². The Morgan fingerprint density at radius 1 is 0.731 bits per heavy atom. The van der Waals surface area contributed by atoms with Crippen LogP contribution in [0.25, 0.3) is 22.3 Å². The van der Waals surface area contributed by atoms with E-state index in [1.165, 1.54) is 12.1 Å². The summed E-state index contributed by atoms with van der Waals surface area (Å²) in [4.78, 5) is -0.129. The maximum Gasteiger partial charge on any atom is 0.240 e. The van der Waals surface area contributed by atoms with E-state index in [2.05, 4.69) is 12.6 Å².